The number of ether oxygens (including phenoxy) is 1. The van der Waals surface area contributed by atoms with Crippen molar-refractivity contribution in [3.05, 3.63) is 87.0 Å². The molecule has 3 saturated heterocycles. The summed E-state index contributed by atoms with van der Waals surface area (Å²) in [5.41, 5.74) is 1.58. The number of thiophene rings is 1. The molecule has 0 N–H and O–H groups in total. The minimum atomic E-state index is -0.318. The Morgan fingerprint density at radius 3 is 2.26 bits per heavy atom. The molecule has 2 aromatic carbocycles. The van der Waals surface area contributed by atoms with Crippen molar-refractivity contribution >= 4 is 44.8 Å². The van der Waals surface area contributed by atoms with Gasteiger partial charge in [-0.3, -0.25) is 9.69 Å². The monoisotopic (exact) mass is 618 g/mol. The van der Waals surface area contributed by atoms with E-state index < -0.39 is 0 Å². The minimum Gasteiger partial charge on any atom is -1.00 e. The number of quaternary nitrogens is 1. The number of fused-ring (bicyclic) bond motifs is 3. The zero-order chi connectivity index (χ0) is 23.5. The Labute approximate surface area is 229 Å². The van der Waals surface area contributed by atoms with Crippen molar-refractivity contribution in [2.75, 3.05) is 31.1 Å². The Morgan fingerprint density at radius 2 is 1.63 bits per heavy atom. The molecule has 1 amide bonds. The van der Waals surface area contributed by atoms with Gasteiger partial charge in [0.05, 0.1) is 23.4 Å². The lowest BCUT2D eigenvalue weighted by Gasteiger charge is -2.51. The molecule has 3 aliphatic heterocycles. The maximum Gasteiger partial charge on any atom is 0.415 e. The van der Waals surface area contributed by atoms with E-state index in [-0.39, 0.29) is 35.0 Å². The van der Waals surface area contributed by atoms with E-state index in [1.54, 1.807) is 16.2 Å². The standard InChI is InChI=1S/C27H28BrN2O3S.BrH/c28-26-12-11-23(34-26)17-29(22-9-5-2-6-10-22)27(32)33-25-19-30(15-13-21(25)14-16-30)18-24(31)20-7-3-1-4-8-20;/h1-12,21,25H,13-19H2;1H/q+1;/p-1/t21?,25-,30?;/m0./s1. The summed E-state index contributed by atoms with van der Waals surface area (Å²) < 4.78 is 7.94. The molecule has 4 heterocycles. The van der Waals surface area contributed by atoms with Gasteiger partial charge in [-0.25, -0.2) is 4.79 Å². The fourth-order valence-corrected chi connectivity index (χ4v) is 6.72. The topological polar surface area (TPSA) is 46.6 Å². The molecule has 2 bridgehead atoms. The molecule has 1 atom stereocenters. The molecule has 0 spiro atoms. The van der Waals surface area contributed by atoms with Gasteiger partial charge in [-0.1, -0.05) is 48.5 Å². The van der Waals surface area contributed by atoms with E-state index in [2.05, 4.69) is 15.9 Å². The van der Waals surface area contributed by atoms with Crippen molar-refractivity contribution in [1.29, 1.82) is 0 Å². The van der Waals surface area contributed by atoms with Crippen LogP contribution in [0.2, 0.25) is 0 Å². The largest absolute Gasteiger partial charge is 1.00 e. The molecule has 0 unspecified atom stereocenters. The third-order valence-electron chi connectivity index (χ3n) is 7.10. The Bertz CT molecular complexity index is 1150. The second-order valence-electron chi connectivity index (χ2n) is 9.31. The number of Topliss-reactive ketones (excluding diaryl/α,β-unsaturated/α-hetero) is 1. The smallest absolute Gasteiger partial charge is 0.415 e. The number of halogens is 2. The molecule has 184 valence electrons. The van der Waals surface area contributed by atoms with Crippen LogP contribution in [0.5, 0.6) is 0 Å². The van der Waals surface area contributed by atoms with Crippen molar-refractivity contribution in [2.24, 2.45) is 5.92 Å². The van der Waals surface area contributed by atoms with Gasteiger partial charge in [-0.05, 0) is 40.2 Å². The first-order valence-electron chi connectivity index (χ1n) is 11.7. The van der Waals surface area contributed by atoms with Crippen LogP contribution >= 0.6 is 27.3 Å². The third kappa shape index (κ3) is 6.05. The van der Waals surface area contributed by atoms with Crippen molar-refractivity contribution in [3.8, 4) is 0 Å². The average molecular weight is 620 g/mol. The van der Waals surface area contributed by atoms with Crippen LogP contribution in [0, 0.1) is 5.92 Å². The highest BCUT2D eigenvalue weighted by molar-refractivity contribution is 9.11. The van der Waals surface area contributed by atoms with Crippen LogP contribution in [-0.2, 0) is 11.3 Å². The first kappa shape index (κ1) is 26.1. The van der Waals surface area contributed by atoms with Crippen LogP contribution in [0.25, 0.3) is 0 Å². The molecule has 8 heteroatoms. The maximum absolute atomic E-state index is 13.5. The predicted molar refractivity (Wildman–Crippen MR) is 138 cm³/mol. The molecule has 0 saturated carbocycles. The number of piperidine rings is 3. The van der Waals surface area contributed by atoms with E-state index in [0.29, 0.717) is 30.0 Å². The molecular formula is C27H28Br2N2O3S. The van der Waals surface area contributed by atoms with E-state index >= 15 is 0 Å². The van der Waals surface area contributed by atoms with Gasteiger partial charge >= 0.3 is 6.09 Å². The molecular weight excluding hydrogens is 592 g/mol. The van der Waals surface area contributed by atoms with Crippen molar-refractivity contribution in [2.45, 2.75) is 25.5 Å². The van der Waals surface area contributed by atoms with Crippen LogP contribution in [0.3, 0.4) is 0 Å². The summed E-state index contributed by atoms with van der Waals surface area (Å²) in [6, 6.07) is 23.2. The molecule has 6 rings (SSSR count). The highest BCUT2D eigenvalue weighted by Gasteiger charge is 2.48. The second-order valence-corrected chi connectivity index (χ2v) is 11.9. The number of carbonyl (C=O) groups is 2. The number of para-hydroxylation sites is 1. The van der Waals surface area contributed by atoms with Gasteiger partial charge in [0.1, 0.15) is 13.1 Å². The Hall–Kier alpha value is -2.00. The summed E-state index contributed by atoms with van der Waals surface area (Å²) >= 11 is 5.13. The summed E-state index contributed by atoms with van der Waals surface area (Å²) in [6.45, 7) is 3.59. The van der Waals surface area contributed by atoms with Crippen molar-refractivity contribution < 1.29 is 35.8 Å². The Morgan fingerprint density at radius 1 is 0.971 bits per heavy atom. The second kappa shape index (κ2) is 11.4. The number of rotatable bonds is 7. The molecule has 1 aromatic heterocycles. The third-order valence-corrected chi connectivity index (χ3v) is 8.71. The van der Waals surface area contributed by atoms with Gasteiger partial charge < -0.3 is 26.2 Å². The van der Waals surface area contributed by atoms with E-state index in [1.807, 2.05) is 72.8 Å². The highest BCUT2D eigenvalue weighted by atomic mass is 79.9. The number of ketones is 1. The van der Waals surface area contributed by atoms with Gasteiger partial charge in [0.15, 0.2) is 6.10 Å². The number of carbonyl (C=O) groups excluding carboxylic acids is 2. The van der Waals surface area contributed by atoms with E-state index in [9.17, 15) is 9.59 Å². The number of hydrogen-bond acceptors (Lipinski definition) is 4. The molecule has 35 heavy (non-hydrogen) atoms. The molecule has 0 aliphatic carbocycles. The maximum atomic E-state index is 13.5. The van der Waals surface area contributed by atoms with E-state index in [1.165, 1.54) is 0 Å². The van der Waals surface area contributed by atoms with Crippen LogP contribution in [-0.4, -0.2) is 48.6 Å². The molecule has 3 aromatic rings. The number of nitrogens with zero attached hydrogens (tertiary/aromatic N) is 2. The van der Waals surface area contributed by atoms with Crippen molar-refractivity contribution in [3.63, 3.8) is 0 Å². The fourth-order valence-electron chi connectivity index (χ4n) is 5.25. The van der Waals surface area contributed by atoms with Gasteiger partial charge in [-0.2, -0.15) is 0 Å². The Kier molecular flexibility index (Phi) is 8.47. The predicted octanol–water partition coefficient (Wildman–Crippen LogP) is 3.15. The van der Waals surface area contributed by atoms with Crippen LogP contribution < -0.4 is 21.9 Å². The first-order valence-corrected chi connectivity index (χ1v) is 13.3. The lowest BCUT2D eigenvalue weighted by molar-refractivity contribution is -0.938. The summed E-state index contributed by atoms with van der Waals surface area (Å²) in [5.74, 6) is 0.532. The zero-order valence-electron chi connectivity index (χ0n) is 19.3. The van der Waals surface area contributed by atoms with Crippen LogP contribution in [0.4, 0.5) is 10.5 Å². The average Bonchev–Trinajstić information content (AvgIpc) is 3.28. The first-order chi connectivity index (χ1) is 16.5. The number of hydrogen-bond donors (Lipinski definition) is 0. The summed E-state index contributed by atoms with van der Waals surface area (Å²) in [5, 5.41) is 0. The van der Waals surface area contributed by atoms with Crippen molar-refractivity contribution in [1.82, 2.24) is 0 Å². The lowest BCUT2D eigenvalue weighted by Crippen LogP contribution is -3.00. The quantitative estimate of drug-likeness (QED) is 0.302. The molecule has 3 fully saturated rings. The normalized spacial score (nSPS) is 22.8. The fraction of sp³-hybridized carbons (Fsp3) is 0.333. The van der Waals surface area contributed by atoms with Gasteiger partial charge in [0.2, 0.25) is 5.78 Å². The van der Waals surface area contributed by atoms with Gasteiger partial charge in [-0.15, -0.1) is 11.3 Å². The summed E-state index contributed by atoms with van der Waals surface area (Å²) in [4.78, 5) is 29.3. The molecule has 0 radical (unpaired) electrons. The van der Waals surface area contributed by atoms with E-state index in [0.717, 1.165) is 45.8 Å². The van der Waals surface area contributed by atoms with Gasteiger partial charge in [0.25, 0.3) is 0 Å². The molecule has 5 nitrogen and oxygen atoms in total. The Balaban J connectivity index is 0.00000289. The number of amides is 1. The zero-order valence-corrected chi connectivity index (χ0v) is 23.3. The minimum absolute atomic E-state index is 0. The summed E-state index contributed by atoms with van der Waals surface area (Å²) in [6.07, 6.45) is 1.49. The van der Waals surface area contributed by atoms with Gasteiger partial charge in [0, 0.05) is 34.9 Å². The van der Waals surface area contributed by atoms with E-state index in [4.69, 9.17) is 4.74 Å². The van der Waals surface area contributed by atoms with Crippen LogP contribution in [0.15, 0.2) is 76.6 Å². The molecule has 3 aliphatic rings. The van der Waals surface area contributed by atoms with Crippen LogP contribution in [0.1, 0.15) is 28.1 Å². The summed E-state index contributed by atoms with van der Waals surface area (Å²) in [7, 11) is 0. The SMILES string of the molecule is O=C(C[N+]12CCC(CC1)[C@@H](OC(=O)N(Cc1ccc(Br)s1)c1ccccc1)C2)c1ccccc1.[Br-]. The lowest BCUT2D eigenvalue weighted by atomic mass is 9.83. The number of anilines is 1. The highest BCUT2D eigenvalue weighted by Crippen LogP contribution is 2.36. The number of benzene rings is 2.